The summed E-state index contributed by atoms with van der Waals surface area (Å²) in [6.07, 6.45) is -4.41. The first kappa shape index (κ1) is 18.6. The maximum Gasteiger partial charge on any atom is 0.416 e. The molecule has 0 saturated heterocycles. The Labute approximate surface area is 164 Å². The van der Waals surface area contributed by atoms with Crippen molar-refractivity contribution >= 4 is 28.3 Å². The van der Waals surface area contributed by atoms with E-state index in [0.29, 0.717) is 5.69 Å². The summed E-state index contributed by atoms with van der Waals surface area (Å²) >= 11 is 0. The van der Waals surface area contributed by atoms with E-state index in [4.69, 9.17) is 0 Å². The summed E-state index contributed by atoms with van der Waals surface area (Å²) < 4.78 is 37.8. The Balaban J connectivity index is 1.46. The summed E-state index contributed by atoms with van der Waals surface area (Å²) in [5.74, 6) is 0. The van der Waals surface area contributed by atoms with Gasteiger partial charge >= 0.3 is 12.2 Å². The van der Waals surface area contributed by atoms with E-state index in [2.05, 4.69) is 15.6 Å². The Morgan fingerprint density at radius 1 is 0.793 bits per heavy atom. The van der Waals surface area contributed by atoms with Gasteiger partial charge in [0.05, 0.1) is 5.56 Å². The van der Waals surface area contributed by atoms with E-state index in [1.165, 1.54) is 12.1 Å². The molecule has 0 saturated carbocycles. The monoisotopic (exact) mass is 395 g/mol. The third-order valence-corrected chi connectivity index (χ3v) is 4.44. The highest BCUT2D eigenvalue weighted by Gasteiger charge is 2.29. The molecule has 1 aromatic heterocycles. The first-order valence-corrected chi connectivity index (χ1v) is 8.82. The van der Waals surface area contributed by atoms with Crippen molar-refractivity contribution in [3.8, 4) is 11.3 Å². The fourth-order valence-corrected chi connectivity index (χ4v) is 3.01. The van der Waals surface area contributed by atoms with E-state index in [0.717, 1.165) is 34.3 Å². The van der Waals surface area contributed by atoms with Gasteiger partial charge in [0.2, 0.25) is 0 Å². The number of aromatic amines is 1. The molecule has 29 heavy (non-hydrogen) atoms. The SMILES string of the molecule is O=C(Nc1ccc(C(F)(F)F)cc1)Nc1ccc2cc(-c3ccccc3)[nH]c2c1. The number of amides is 2. The van der Waals surface area contributed by atoms with Crippen LogP contribution in [0.2, 0.25) is 0 Å². The number of rotatable bonds is 3. The minimum atomic E-state index is -4.41. The molecule has 3 aromatic carbocycles. The van der Waals surface area contributed by atoms with Crippen molar-refractivity contribution in [1.82, 2.24) is 4.98 Å². The van der Waals surface area contributed by atoms with Crippen molar-refractivity contribution in [3.63, 3.8) is 0 Å². The van der Waals surface area contributed by atoms with Gasteiger partial charge in [0.1, 0.15) is 0 Å². The van der Waals surface area contributed by atoms with Crippen molar-refractivity contribution in [3.05, 3.63) is 84.4 Å². The summed E-state index contributed by atoms with van der Waals surface area (Å²) in [5, 5.41) is 6.20. The number of hydrogen-bond donors (Lipinski definition) is 3. The molecule has 146 valence electrons. The summed E-state index contributed by atoms with van der Waals surface area (Å²) in [6.45, 7) is 0. The quantitative estimate of drug-likeness (QED) is 0.364. The Morgan fingerprint density at radius 2 is 1.45 bits per heavy atom. The van der Waals surface area contributed by atoms with Crippen molar-refractivity contribution in [1.29, 1.82) is 0 Å². The topological polar surface area (TPSA) is 56.9 Å². The third-order valence-electron chi connectivity index (χ3n) is 4.44. The van der Waals surface area contributed by atoms with E-state index >= 15 is 0 Å². The average Bonchev–Trinajstić information content (AvgIpc) is 3.12. The fraction of sp³-hybridized carbons (Fsp3) is 0.0455. The number of hydrogen-bond acceptors (Lipinski definition) is 1. The largest absolute Gasteiger partial charge is 0.416 e. The molecule has 0 aliphatic heterocycles. The number of alkyl halides is 3. The molecule has 7 heteroatoms. The van der Waals surface area contributed by atoms with Crippen molar-refractivity contribution in [2.45, 2.75) is 6.18 Å². The number of halogens is 3. The van der Waals surface area contributed by atoms with Gasteiger partial charge in [0.25, 0.3) is 0 Å². The van der Waals surface area contributed by atoms with Gasteiger partial charge in [0, 0.05) is 28.0 Å². The summed E-state index contributed by atoms with van der Waals surface area (Å²) in [7, 11) is 0. The zero-order valence-electron chi connectivity index (χ0n) is 15.0. The van der Waals surface area contributed by atoms with E-state index in [1.807, 2.05) is 42.5 Å². The predicted octanol–water partition coefficient (Wildman–Crippen LogP) is 6.50. The molecule has 2 amide bonds. The second kappa shape index (κ2) is 7.35. The van der Waals surface area contributed by atoms with Crippen LogP contribution < -0.4 is 10.6 Å². The van der Waals surface area contributed by atoms with Crippen LogP contribution in [0.25, 0.3) is 22.2 Å². The van der Waals surface area contributed by atoms with Crippen LogP contribution in [-0.2, 0) is 6.18 Å². The highest BCUT2D eigenvalue weighted by atomic mass is 19.4. The molecule has 0 unspecified atom stereocenters. The molecule has 0 spiro atoms. The summed E-state index contributed by atoms with van der Waals surface area (Å²) in [5.41, 5.74) is 2.93. The molecule has 0 aliphatic carbocycles. The molecule has 0 atom stereocenters. The third kappa shape index (κ3) is 4.24. The first-order valence-electron chi connectivity index (χ1n) is 8.82. The first-order chi connectivity index (χ1) is 13.9. The highest BCUT2D eigenvalue weighted by Crippen LogP contribution is 2.30. The van der Waals surface area contributed by atoms with Crippen LogP contribution in [-0.4, -0.2) is 11.0 Å². The number of H-pyrrole nitrogens is 1. The highest BCUT2D eigenvalue weighted by molar-refractivity contribution is 6.01. The standard InChI is InChI=1S/C22H16F3N3O/c23-22(24,25)16-7-10-17(11-8-16)26-21(29)27-18-9-6-15-12-19(28-20(15)13-18)14-4-2-1-3-5-14/h1-13,28H,(H2,26,27,29). The Bertz CT molecular complexity index is 1150. The number of fused-ring (bicyclic) bond motifs is 1. The number of aromatic nitrogens is 1. The molecule has 0 bridgehead atoms. The second-order valence-corrected chi connectivity index (χ2v) is 6.51. The normalized spacial score (nSPS) is 11.4. The molecule has 0 fully saturated rings. The Kier molecular flexibility index (Phi) is 4.72. The van der Waals surface area contributed by atoms with E-state index in [9.17, 15) is 18.0 Å². The number of urea groups is 1. The molecule has 4 rings (SSSR count). The number of benzene rings is 3. The zero-order chi connectivity index (χ0) is 20.4. The van der Waals surface area contributed by atoms with Crippen LogP contribution in [0.4, 0.5) is 29.3 Å². The van der Waals surface area contributed by atoms with Gasteiger partial charge in [-0.3, -0.25) is 0 Å². The smallest absolute Gasteiger partial charge is 0.354 e. The van der Waals surface area contributed by atoms with Crippen LogP contribution in [0.1, 0.15) is 5.56 Å². The Morgan fingerprint density at radius 3 is 2.14 bits per heavy atom. The number of carbonyl (C=O) groups is 1. The molecule has 3 N–H and O–H groups in total. The van der Waals surface area contributed by atoms with Gasteiger partial charge in [0.15, 0.2) is 0 Å². The maximum absolute atomic E-state index is 12.6. The minimum absolute atomic E-state index is 0.266. The van der Waals surface area contributed by atoms with E-state index < -0.39 is 17.8 Å². The van der Waals surface area contributed by atoms with Crippen LogP contribution in [0.5, 0.6) is 0 Å². The van der Waals surface area contributed by atoms with Gasteiger partial charge in [-0.2, -0.15) is 13.2 Å². The van der Waals surface area contributed by atoms with Gasteiger partial charge in [-0.05, 0) is 48.0 Å². The average molecular weight is 395 g/mol. The molecule has 0 radical (unpaired) electrons. The van der Waals surface area contributed by atoms with Gasteiger partial charge in [-0.15, -0.1) is 0 Å². The molecule has 4 nitrogen and oxygen atoms in total. The van der Waals surface area contributed by atoms with Crippen molar-refractivity contribution in [2.24, 2.45) is 0 Å². The number of carbonyl (C=O) groups excluding carboxylic acids is 1. The molecule has 0 aliphatic rings. The molecule has 4 aromatic rings. The summed E-state index contributed by atoms with van der Waals surface area (Å²) in [4.78, 5) is 15.5. The molecular formula is C22H16F3N3O. The molecular weight excluding hydrogens is 379 g/mol. The van der Waals surface area contributed by atoms with Gasteiger partial charge in [-0.25, -0.2) is 4.79 Å². The van der Waals surface area contributed by atoms with Crippen molar-refractivity contribution < 1.29 is 18.0 Å². The van der Waals surface area contributed by atoms with Gasteiger partial charge in [-0.1, -0.05) is 36.4 Å². The lowest BCUT2D eigenvalue weighted by molar-refractivity contribution is -0.137. The van der Waals surface area contributed by atoms with Crippen LogP contribution in [0.3, 0.4) is 0 Å². The van der Waals surface area contributed by atoms with Crippen LogP contribution >= 0.6 is 0 Å². The minimum Gasteiger partial charge on any atom is -0.354 e. The number of nitrogens with one attached hydrogen (secondary N) is 3. The van der Waals surface area contributed by atoms with Gasteiger partial charge < -0.3 is 15.6 Å². The van der Waals surface area contributed by atoms with E-state index in [-0.39, 0.29) is 5.69 Å². The lowest BCUT2D eigenvalue weighted by Gasteiger charge is -2.10. The van der Waals surface area contributed by atoms with E-state index in [1.54, 1.807) is 12.1 Å². The maximum atomic E-state index is 12.6. The van der Waals surface area contributed by atoms with Crippen LogP contribution in [0.15, 0.2) is 78.9 Å². The fourth-order valence-electron chi connectivity index (χ4n) is 3.01. The van der Waals surface area contributed by atoms with Crippen molar-refractivity contribution in [2.75, 3.05) is 10.6 Å². The second-order valence-electron chi connectivity index (χ2n) is 6.51. The van der Waals surface area contributed by atoms with Crippen LogP contribution in [0, 0.1) is 0 Å². The zero-order valence-corrected chi connectivity index (χ0v) is 15.0. The molecule has 1 heterocycles. The predicted molar refractivity (Wildman–Crippen MR) is 108 cm³/mol. The summed E-state index contributed by atoms with van der Waals surface area (Å²) in [6, 6.07) is 21.1. The number of anilines is 2. The Hall–Kier alpha value is -3.74. The lowest BCUT2D eigenvalue weighted by Crippen LogP contribution is -2.19. The lowest BCUT2D eigenvalue weighted by atomic mass is 10.1.